The molecule has 0 aromatic carbocycles. The molecule has 28 heavy (non-hydrogen) atoms. The third-order valence-electron chi connectivity index (χ3n) is 5.34. The Bertz CT molecular complexity index is 210. The molecule has 0 radical (unpaired) electrons. The molecule has 0 spiro atoms. The van der Waals surface area contributed by atoms with Gasteiger partial charge in [0.1, 0.15) is 0 Å². The summed E-state index contributed by atoms with van der Waals surface area (Å²) in [5, 5.41) is 0. The highest BCUT2D eigenvalue weighted by molar-refractivity contribution is 7.99. The standard InChI is InChI=1S/C18H39N.C8H18S/c1-2-3-4-5-6-7-8-9-10-11-12-13-14-15-16-17-18-19;1-3-5-7-9-8-6-4-2/h2-19H2,1H3;3-8H2,1-2H3. The summed E-state index contributed by atoms with van der Waals surface area (Å²) in [5.41, 5.74) is 5.48. The number of unbranched alkanes of at least 4 members (excludes halogenated alkanes) is 17. The van der Waals surface area contributed by atoms with E-state index in [0.29, 0.717) is 0 Å². The fourth-order valence-corrected chi connectivity index (χ4v) is 4.48. The van der Waals surface area contributed by atoms with E-state index in [1.165, 1.54) is 140 Å². The molecule has 0 amide bonds. The van der Waals surface area contributed by atoms with E-state index in [9.17, 15) is 0 Å². The molecule has 0 aliphatic carbocycles. The first-order chi connectivity index (χ1) is 13.8. The van der Waals surface area contributed by atoms with Gasteiger partial charge in [0.2, 0.25) is 0 Å². The maximum absolute atomic E-state index is 5.48. The predicted octanol–water partition coefficient (Wildman–Crippen LogP) is 9.53. The van der Waals surface area contributed by atoms with Crippen LogP contribution in [-0.4, -0.2) is 18.1 Å². The van der Waals surface area contributed by atoms with Gasteiger partial charge in [0.05, 0.1) is 0 Å². The second kappa shape index (κ2) is 32.0. The van der Waals surface area contributed by atoms with Crippen molar-refractivity contribution < 1.29 is 0 Å². The van der Waals surface area contributed by atoms with Gasteiger partial charge in [-0.25, -0.2) is 0 Å². The summed E-state index contributed by atoms with van der Waals surface area (Å²) in [6.07, 6.45) is 28.3. The molecule has 0 aromatic heterocycles. The molecule has 2 N–H and O–H groups in total. The summed E-state index contributed by atoms with van der Waals surface area (Å²) in [7, 11) is 0. The molecule has 0 rings (SSSR count). The Labute approximate surface area is 184 Å². The molecule has 0 heterocycles. The van der Waals surface area contributed by atoms with Gasteiger partial charge < -0.3 is 5.73 Å². The van der Waals surface area contributed by atoms with Crippen LogP contribution in [0.5, 0.6) is 0 Å². The smallest absolute Gasteiger partial charge is 0.00676 e. The number of rotatable bonds is 22. The van der Waals surface area contributed by atoms with Crippen molar-refractivity contribution in [2.45, 2.75) is 149 Å². The van der Waals surface area contributed by atoms with Crippen LogP contribution in [0.2, 0.25) is 0 Å². The van der Waals surface area contributed by atoms with Gasteiger partial charge in [-0.05, 0) is 37.3 Å². The zero-order chi connectivity index (χ0) is 21.0. The normalized spacial score (nSPS) is 10.7. The van der Waals surface area contributed by atoms with E-state index in [-0.39, 0.29) is 0 Å². The molecular weight excluding hydrogens is 358 g/mol. The van der Waals surface area contributed by atoms with Crippen molar-refractivity contribution in [1.29, 1.82) is 0 Å². The Balaban J connectivity index is 0. The van der Waals surface area contributed by atoms with Crippen LogP contribution in [0, 0.1) is 0 Å². The molecule has 0 atom stereocenters. The van der Waals surface area contributed by atoms with E-state index in [1.807, 2.05) is 0 Å². The lowest BCUT2D eigenvalue weighted by Gasteiger charge is -2.03. The fourth-order valence-electron chi connectivity index (χ4n) is 3.29. The molecule has 0 aromatic rings. The molecule has 0 bridgehead atoms. The lowest BCUT2D eigenvalue weighted by Crippen LogP contribution is -1.97. The second-order valence-electron chi connectivity index (χ2n) is 8.41. The second-order valence-corrected chi connectivity index (χ2v) is 9.64. The van der Waals surface area contributed by atoms with Gasteiger partial charge in [0, 0.05) is 0 Å². The maximum Gasteiger partial charge on any atom is -0.00676 e. The van der Waals surface area contributed by atoms with E-state index in [0.717, 1.165) is 6.54 Å². The van der Waals surface area contributed by atoms with Crippen LogP contribution in [-0.2, 0) is 0 Å². The van der Waals surface area contributed by atoms with Crippen molar-refractivity contribution in [2.24, 2.45) is 5.73 Å². The Morgan fingerprint density at radius 1 is 0.393 bits per heavy atom. The zero-order valence-corrected chi connectivity index (χ0v) is 21.1. The summed E-state index contributed by atoms with van der Waals surface area (Å²) >= 11 is 2.10. The first-order valence-corrected chi connectivity index (χ1v) is 14.3. The summed E-state index contributed by atoms with van der Waals surface area (Å²) < 4.78 is 0. The number of thioether (sulfide) groups is 1. The minimum absolute atomic E-state index is 0.873. The molecule has 2 heteroatoms. The predicted molar refractivity (Wildman–Crippen MR) is 136 cm³/mol. The van der Waals surface area contributed by atoms with Gasteiger partial charge in [0.15, 0.2) is 0 Å². The lowest BCUT2D eigenvalue weighted by molar-refractivity contribution is 0.530. The Morgan fingerprint density at radius 3 is 0.964 bits per heavy atom. The van der Waals surface area contributed by atoms with Crippen LogP contribution in [0.25, 0.3) is 0 Å². The van der Waals surface area contributed by atoms with Crippen molar-refractivity contribution in [3.05, 3.63) is 0 Å². The molecule has 0 aliphatic heterocycles. The highest BCUT2D eigenvalue weighted by Crippen LogP contribution is 2.13. The van der Waals surface area contributed by atoms with Gasteiger partial charge in [0.25, 0.3) is 0 Å². The average Bonchev–Trinajstić information content (AvgIpc) is 2.71. The van der Waals surface area contributed by atoms with Gasteiger partial charge in [-0.15, -0.1) is 0 Å². The molecule has 0 saturated carbocycles. The molecule has 172 valence electrons. The van der Waals surface area contributed by atoms with Crippen LogP contribution < -0.4 is 5.73 Å². The van der Waals surface area contributed by atoms with E-state index >= 15 is 0 Å². The van der Waals surface area contributed by atoms with Crippen molar-refractivity contribution in [3.8, 4) is 0 Å². The van der Waals surface area contributed by atoms with E-state index in [2.05, 4.69) is 32.5 Å². The van der Waals surface area contributed by atoms with Gasteiger partial charge in [-0.2, -0.15) is 11.8 Å². The first-order valence-electron chi connectivity index (χ1n) is 13.1. The first kappa shape index (κ1) is 30.5. The molecule has 0 unspecified atom stereocenters. The highest BCUT2D eigenvalue weighted by Gasteiger charge is 1.94. The summed E-state index contributed by atoms with van der Waals surface area (Å²) in [6, 6.07) is 0. The molecule has 1 nitrogen and oxygen atoms in total. The minimum Gasteiger partial charge on any atom is -0.330 e. The van der Waals surface area contributed by atoms with Crippen molar-refractivity contribution in [2.75, 3.05) is 18.1 Å². The number of hydrogen-bond acceptors (Lipinski definition) is 2. The van der Waals surface area contributed by atoms with Crippen LogP contribution in [0.3, 0.4) is 0 Å². The summed E-state index contributed by atoms with van der Waals surface area (Å²) in [5.74, 6) is 2.74. The summed E-state index contributed by atoms with van der Waals surface area (Å²) in [6.45, 7) is 7.66. The Kier molecular flexibility index (Phi) is 34.8. The van der Waals surface area contributed by atoms with Gasteiger partial charge in [-0.1, -0.05) is 130 Å². The lowest BCUT2D eigenvalue weighted by atomic mass is 10.0. The Hall–Kier alpha value is 0.310. The monoisotopic (exact) mass is 415 g/mol. The minimum atomic E-state index is 0.873. The highest BCUT2D eigenvalue weighted by atomic mass is 32.2. The molecule has 0 saturated heterocycles. The number of hydrogen-bond donors (Lipinski definition) is 1. The third-order valence-corrected chi connectivity index (χ3v) is 6.50. The zero-order valence-electron chi connectivity index (χ0n) is 20.2. The number of nitrogens with two attached hydrogens (primary N) is 1. The Morgan fingerprint density at radius 2 is 0.679 bits per heavy atom. The summed E-state index contributed by atoms with van der Waals surface area (Å²) in [4.78, 5) is 0. The fraction of sp³-hybridized carbons (Fsp3) is 1.00. The van der Waals surface area contributed by atoms with Crippen LogP contribution in [0.15, 0.2) is 0 Å². The molecular formula is C26H57NS. The maximum atomic E-state index is 5.48. The van der Waals surface area contributed by atoms with Gasteiger partial charge in [-0.3, -0.25) is 0 Å². The van der Waals surface area contributed by atoms with E-state index < -0.39 is 0 Å². The molecule has 0 fully saturated rings. The van der Waals surface area contributed by atoms with Crippen molar-refractivity contribution in [1.82, 2.24) is 0 Å². The van der Waals surface area contributed by atoms with Crippen molar-refractivity contribution in [3.63, 3.8) is 0 Å². The SMILES string of the molecule is CCCCCCCCCCCCCCCCCCN.CCCCSCCCC. The van der Waals surface area contributed by atoms with Gasteiger partial charge >= 0.3 is 0 Å². The quantitative estimate of drug-likeness (QED) is 0.178. The molecule has 0 aliphatic rings. The van der Waals surface area contributed by atoms with Crippen LogP contribution in [0.1, 0.15) is 149 Å². The van der Waals surface area contributed by atoms with E-state index in [1.54, 1.807) is 0 Å². The average molecular weight is 416 g/mol. The van der Waals surface area contributed by atoms with Crippen LogP contribution in [0.4, 0.5) is 0 Å². The third kappa shape index (κ3) is 33.9. The van der Waals surface area contributed by atoms with Crippen LogP contribution >= 0.6 is 11.8 Å². The van der Waals surface area contributed by atoms with E-state index in [4.69, 9.17) is 5.73 Å². The largest absolute Gasteiger partial charge is 0.330 e. The topological polar surface area (TPSA) is 26.0 Å². The van der Waals surface area contributed by atoms with Crippen molar-refractivity contribution >= 4 is 11.8 Å².